The highest BCUT2D eigenvalue weighted by atomic mass is 16.6. The van der Waals surface area contributed by atoms with E-state index in [1.54, 1.807) is 6.92 Å². The van der Waals surface area contributed by atoms with Crippen molar-refractivity contribution in [1.29, 1.82) is 0 Å². The summed E-state index contributed by atoms with van der Waals surface area (Å²) >= 11 is 0. The van der Waals surface area contributed by atoms with Crippen LogP contribution in [0.5, 0.6) is 0 Å². The molecule has 0 atom stereocenters. The van der Waals surface area contributed by atoms with Gasteiger partial charge >= 0.3 is 5.97 Å². The van der Waals surface area contributed by atoms with Crippen molar-refractivity contribution in [2.45, 2.75) is 6.92 Å². The molecule has 1 aliphatic rings. The molecule has 19 heavy (non-hydrogen) atoms. The zero-order valence-electron chi connectivity index (χ0n) is 10.0. The summed E-state index contributed by atoms with van der Waals surface area (Å²) < 4.78 is 9.91. The number of non-ortho nitro benzene ring substituents is 1. The molecule has 1 aromatic rings. The fourth-order valence-corrected chi connectivity index (χ4v) is 1.40. The Kier molecular flexibility index (Phi) is 3.56. The molecule has 0 bridgehead atoms. The molecule has 0 aromatic heterocycles. The van der Waals surface area contributed by atoms with Gasteiger partial charge in [0.05, 0.1) is 11.5 Å². The first-order valence-corrected chi connectivity index (χ1v) is 5.49. The van der Waals surface area contributed by atoms with Crippen molar-refractivity contribution >= 4 is 17.6 Å². The third kappa shape index (κ3) is 2.76. The molecule has 7 heteroatoms. The van der Waals surface area contributed by atoms with Gasteiger partial charge in [-0.05, 0) is 19.1 Å². The molecule has 0 saturated carbocycles. The SMILES string of the molecule is CCOC=C1N=C(c2ccc([N+](=O)[O-])cc2)OC1=O. The average Bonchev–Trinajstić information content (AvgIpc) is 2.78. The number of esters is 1. The Hall–Kier alpha value is -2.70. The maximum absolute atomic E-state index is 11.4. The van der Waals surface area contributed by atoms with E-state index in [9.17, 15) is 14.9 Å². The van der Waals surface area contributed by atoms with Crippen molar-refractivity contribution in [3.05, 3.63) is 51.9 Å². The monoisotopic (exact) mass is 262 g/mol. The minimum atomic E-state index is -0.609. The van der Waals surface area contributed by atoms with E-state index in [1.807, 2.05) is 0 Å². The molecule has 0 saturated heterocycles. The van der Waals surface area contributed by atoms with Crippen LogP contribution in [0.15, 0.2) is 41.2 Å². The normalized spacial score (nSPS) is 16.2. The molecule has 98 valence electrons. The van der Waals surface area contributed by atoms with Gasteiger partial charge in [0.1, 0.15) is 6.26 Å². The number of aliphatic imine (C=N–C) groups is 1. The predicted octanol–water partition coefficient (Wildman–Crippen LogP) is 1.78. The molecule has 2 rings (SSSR count). The van der Waals surface area contributed by atoms with Gasteiger partial charge in [0.15, 0.2) is 5.70 Å². The third-order valence-corrected chi connectivity index (χ3v) is 2.31. The molecule has 1 aromatic carbocycles. The molecule has 0 N–H and O–H groups in total. The molecule has 0 aliphatic carbocycles. The summed E-state index contributed by atoms with van der Waals surface area (Å²) in [4.78, 5) is 25.4. The fraction of sp³-hybridized carbons (Fsp3) is 0.167. The predicted molar refractivity (Wildman–Crippen MR) is 65.4 cm³/mol. The van der Waals surface area contributed by atoms with Gasteiger partial charge < -0.3 is 9.47 Å². The first kappa shape index (κ1) is 12.7. The second-order valence-corrected chi connectivity index (χ2v) is 3.57. The standard InChI is InChI=1S/C12H10N2O5/c1-2-18-7-10-12(15)19-11(13-10)8-3-5-9(6-4-8)14(16)17/h3-7H,2H2,1H3. The third-order valence-electron chi connectivity index (χ3n) is 2.31. The Morgan fingerprint density at radius 3 is 2.68 bits per heavy atom. The Morgan fingerprint density at radius 1 is 1.42 bits per heavy atom. The largest absolute Gasteiger partial charge is 0.499 e. The number of nitrogens with zero attached hydrogens (tertiary/aromatic N) is 2. The van der Waals surface area contributed by atoms with E-state index in [1.165, 1.54) is 30.5 Å². The van der Waals surface area contributed by atoms with Crippen LogP contribution in [-0.4, -0.2) is 23.4 Å². The number of nitro groups is 1. The van der Waals surface area contributed by atoms with Crippen LogP contribution in [-0.2, 0) is 14.3 Å². The summed E-state index contributed by atoms with van der Waals surface area (Å²) in [5.74, 6) is -0.507. The van der Waals surface area contributed by atoms with Crippen LogP contribution in [0.1, 0.15) is 12.5 Å². The molecular formula is C12H10N2O5. The van der Waals surface area contributed by atoms with E-state index in [4.69, 9.17) is 9.47 Å². The van der Waals surface area contributed by atoms with Crippen molar-refractivity contribution in [2.75, 3.05) is 6.61 Å². The summed E-state index contributed by atoms with van der Waals surface area (Å²) in [6.45, 7) is 2.19. The number of rotatable bonds is 4. The van der Waals surface area contributed by atoms with Gasteiger partial charge in [-0.3, -0.25) is 10.1 Å². The number of hydrogen-bond acceptors (Lipinski definition) is 6. The lowest BCUT2D eigenvalue weighted by atomic mass is 10.2. The molecule has 7 nitrogen and oxygen atoms in total. The van der Waals surface area contributed by atoms with Crippen LogP contribution in [0.4, 0.5) is 5.69 Å². The van der Waals surface area contributed by atoms with Crippen molar-refractivity contribution in [1.82, 2.24) is 0 Å². The Morgan fingerprint density at radius 2 is 2.11 bits per heavy atom. The lowest BCUT2D eigenvalue weighted by Gasteiger charge is -1.98. The zero-order valence-corrected chi connectivity index (χ0v) is 10.0. The summed E-state index contributed by atoms with van der Waals surface area (Å²) in [7, 11) is 0. The number of nitro benzene ring substituents is 1. The molecule has 0 fully saturated rings. The van der Waals surface area contributed by atoms with Crippen LogP contribution in [0.2, 0.25) is 0 Å². The molecule has 0 amide bonds. The maximum atomic E-state index is 11.4. The number of benzene rings is 1. The number of cyclic esters (lactones) is 1. The van der Waals surface area contributed by atoms with Crippen LogP contribution in [0.25, 0.3) is 0 Å². The van der Waals surface area contributed by atoms with Crippen molar-refractivity contribution in [3.8, 4) is 0 Å². The topological polar surface area (TPSA) is 91.0 Å². The highest BCUT2D eigenvalue weighted by molar-refractivity contribution is 6.11. The average molecular weight is 262 g/mol. The molecule has 0 radical (unpaired) electrons. The maximum Gasteiger partial charge on any atom is 0.367 e. The van der Waals surface area contributed by atoms with E-state index in [2.05, 4.69) is 4.99 Å². The van der Waals surface area contributed by atoms with Crippen LogP contribution >= 0.6 is 0 Å². The summed E-state index contributed by atoms with van der Waals surface area (Å²) in [5.41, 5.74) is 0.507. The minimum Gasteiger partial charge on any atom is -0.499 e. The van der Waals surface area contributed by atoms with Crippen LogP contribution in [0, 0.1) is 10.1 Å². The number of carbonyl (C=O) groups excluding carboxylic acids is 1. The molecule has 0 spiro atoms. The summed E-state index contributed by atoms with van der Waals surface area (Å²) in [6.07, 6.45) is 1.22. The van der Waals surface area contributed by atoms with Crippen LogP contribution in [0.3, 0.4) is 0 Å². The van der Waals surface area contributed by atoms with E-state index in [-0.39, 0.29) is 17.3 Å². The zero-order chi connectivity index (χ0) is 13.8. The van der Waals surface area contributed by atoms with Gasteiger partial charge in [-0.25, -0.2) is 9.79 Å². The highest BCUT2D eigenvalue weighted by Gasteiger charge is 2.24. The Bertz CT molecular complexity index is 574. The van der Waals surface area contributed by atoms with Gasteiger partial charge in [-0.2, -0.15) is 0 Å². The van der Waals surface area contributed by atoms with E-state index < -0.39 is 10.9 Å². The number of hydrogen-bond donors (Lipinski definition) is 0. The lowest BCUT2D eigenvalue weighted by Crippen LogP contribution is -2.05. The first-order valence-electron chi connectivity index (χ1n) is 5.49. The van der Waals surface area contributed by atoms with E-state index in [0.29, 0.717) is 12.2 Å². The smallest absolute Gasteiger partial charge is 0.367 e. The molecule has 0 unspecified atom stereocenters. The van der Waals surface area contributed by atoms with Gasteiger partial charge in [-0.15, -0.1) is 0 Å². The van der Waals surface area contributed by atoms with E-state index >= 15 is 0 Å². The number of carbonyl (C=O) groups is 1. The lowest BCUT2D eigenvalue weighted by molar-refractivity contribution is -0.384. The summed E-state index contributed by atoms with van der Waals surface area (Å²) in [6, 6.07) is 5.56. The second kappa shape index (κ2) is 5.30. The summed E-state index contributed by atoms with van der Waals surface area (Å²) in [5, 5.41) is 10.5. The van der Waals surface area contributed by atoms with Crippen molar-refractivity contribution in [3.63, 3.8) is 0 Å². The van der Waals surface area contributed by atoms with Gasteiger partial charge in [0.2, 0.25) is 5.90 Å². The van der Waals surface area contributed by atoms with Gasteiger partial charge in [-0.1, -0.05) is 0 Å². The van der Waals surface area contributed by atoms with Gasteiger partial charge in [0.25, 0.3) is 5.69 Å². The van der Waals surface area contributed by atoms with E-state index in [0.717, 1.165) is 0 Å². The Labute approximate surface area is 108 Å². The Balaban J connectivity index is 2.23. The number of ether oxygens (including phenoxy) is 2. The molecule has 1 aliphatic heterocycles. The first-order chi connectivity index (χ1) is 9.11. The fourth-order valence-electron chi connectivity index (χ4n) is 1.40. The molecular weight excluding hydrogens is 252 g/mol. The van der Waals surface area contributed by atoms with Crippen molar-refractivity contribution in [2.24, 2.45) is 4.99 Å². The highest BCUT2D eigenvalue weighted by Crippen LogP contribution is 2.18. The van der Waals surface area contributed by atoms with Crippen molar-refractivity contribution < 1.29 is 19.2 Å². The van der Waals surface area contributed by atoms with Gasteiger partial charge in [0, 0.05) is 17.7 Å². The quantitative estimate of drug-likeness (QED) is 0.271. The second-order valence-electron chi connectivity index (χ2n) is 3.57. The minimum absolute atomic E-state index is 0.0428. The van der Waals surface area contributed by atoms with Crippen LogP contribution < -0.4 is 0 Å². The molecule has 1 heterocycles.